The molecule has 25 heavy (non-hydrogen) atoms. The summed E-state index contributed by atoms with van der Waals surface area (Å²) in [6, 6.07) is 0.414. The Balaban J connectivity index is 1.48. The number of thiazole rings is 1. The van der Waals surface area contributed by atoms with Crippen molar-refractivity contribution < 1.29 is 18.0 Å². The maximum Gasteiger partial charge on any atom is 0.434 e. The summed E-state index contributed by atoms with van der Waals surface area (Å²) < 4.78 is 37.6. The third kappa shape index (κ3) is 4.42. The second-order valence-corrected chi connectivity index (χ2v) is 7.03. The first-order valence-electron chi connectivity index (χ1n) is 8.15. The molecule has 2 aliphatic rings. The quantitative estimate of drug-likeness (QED) is 0.641. The Labute approximate surface area is 147 Å². The lowest BCUT2D eigenvalue weighted by atomic mass is 10.3. The van der Waals surface area contributed by atoms with Crippen LogP contribution in [0.3, 0.4) is 0 Å². The maximum atomic E-state index is 12.5. The second-order valence-electron chi connectivity index (χ2n) is 6.09. The molecule has 1 aromatic rings. The topological polar surface area (TPSA) is 60.8 Å². The molecule has 1 saturated heterocycles. The summed E-state index contributed by atoms with van der Waals surface area (Å²) >= 11 is 0.997. The van der Waals surface area contributed by atoms with Crippen LogP contribution >= 0.6 is 11.3 Å². The number of aromatic nitrogens is 1. The predicted molar refractivity (Wildman–Crippen MR) is 88.5 cm³/mol. The van der Waals surface area contributed by atoms with Gasteiger partial charge >= 0.3 is 6.18 Å². The zero-order valence-electron chi connectivity index (χ0n) is 13.8. The summed E-state index contributed by atoms with van der Waals surface area (Å²) in [5.41, 5.74) is -0.848. The second kappa shape index (κ2) is 7.19. The van der Waals surface area contributed by atoms with Crippen LogP contribution in [0.25, 0.3) is 0 Å². The van der Waals surface area contributed by atoms with E-state index < -0.39 is 11.9 Å². The number of alkyl halides is 3. The van der Waals surface area contributed by atoms with E-state index in [1.807, 2.05) is 9.80 Å². The van der Waals surface area contributed by atoms with Gasteiger partial charge in [0.2, 0.25) is 5.91 Å². The minimum absolute atomic E-state index is 0.103. The maximum absolute atomic E-state index is 12.5. The highest BCUT2D eigenvalue weighted by molar-refractivity contribution is 7.09. The smallest absolute Gasteiger partial charge is 0.356 e. The van der Waals surface area contributed by atoms with E-state index in [0.717, 1.165) is 29.6 Å². The molecule has 0 spiro atoms. The summed E-state index contributed by atoms with van der Waals surface area (Å²) in [7, 11) is 1.63. The van der Waals surface area contributed by atoms with Crippen molar-refractivity contribution in [1.29, 1.82) is 0 Å². The zero-order valence-corrected chi connectivity index (χ0v) is 14.7. The molecule has 0 unspecified atom stereocenters. The number of hydrogen-bond acceptors (Lipinski definition) is 4. The molecule has 2 heterocycles. The average Bonchev–Trinajstić information content (AvgIpc) is 3.27. The highest BCUT2D eigenvalue weighted by Crippen LogP contribution is 2.30. The molecule has 1 N–H and O–H groups in total. The van der Waals surface area contributed by atoms with Crippen molar-refractivity contribution in [3.8, 4) is 0 Å². The van der Waals surface area contributed by atoms with Crippen molar-refractivity contribution in [3.63, 3.8) is 0 Å². The number of aliphatic imine (C=N–C) groups is 1. The molecule has 1 aromatic heterocycles. The summed E-state index contributed by atoms with van der Waals surface area (Å²) in [6.45, 7) is 2.09. The average molecular weight is 375 g/mol. The number of carbonyl (C=O) groups excluding carboxylic acids is 1. The van der Waals surface area contributed by atoms with Gasteiger partial charge in [-0.3, -0.25) is 9.79 Å². The fourth-order valence-electron chi connectivity index (χ4n) is 2.81. The Morgan fingerprint density at radius 2 is 2.20 bits per heavy atom. The van der Waals surface area contributed by atoms with E-state index in [4.69, 9.17) is 0 Å². The molecular weight excluding hydrogens is 355 g/mol. The summed E-state index contributed by atoms with van der Waals surface area (Å²) in [5, 5.41) is 4.56. The van der Waals surface area contributed by atoms with Crippen molar-refractivity contribution in [1.82, 2.24) is 20.1 Å². The van der Waals surface area contributed by atoms with Crippen LogP contribution in [0, 0.1) is 0 Å². The summed E-state index contributed by atoms with van der Waals surface area (Å²) in [6.07, 6.45) is -1.85. The van der Waals surface area contributed by atoms with Gasteiger partial charge in [0.15, 0.2) is 11.7 Å². The monoisotopic (exact) mass is 375 g/mol. The molecule has 6 nitrogen and oxygen atoms in total. The molecule has 1 saturated carbocycles. The van der Waals surface area contributed by atoms with E-state index in [1.54, 1.807) is 7.05 Å². The zero-order chi connectivity index (χ0) is 18.0. The van der Waals surface area contributed by atoms with Crippen molar-refractivity contribution >= 4 is 23.2 Å². The summed E-state index contributed by atoms with van der Waals surface area (Å²) in [5.74, 6) is 0.697. The molecule has 0 aromatic carbocycles. The van der Waals surface area contributed by atoms with Gasteiger partial charge in [-0.15, -0.1) is 11.3 Å². The number of piperazine rings is 1. The molecule has 1 aliphatic heterocycles. The minimum atomic E-state index is -4.40. The fourth-order valence-corrected chi connectivity index (χ4v) is 3.61. The van der Waals surface area contributed by atoms with Crippen LogP contribution in [-0.2, 0) is 17.4 Å². The van der Waals surface area contributed by atoms with Gasteiger partial charge < -0.3 is 15.1 Å². The standard InChI is InChI=1S/C15H20F3N5OS/c1-19-14(22-6-7-23(10-2-3-10)13(24)8-22)20-5-4-12-21-11(9-25-12)15(16,17)18/h9-10H,2-8H2,1H3,(H,19,20). The number of nitrogens with zero attached hydrogens (tertiary/aromatic N) is 4. The fraction of sp³-hybridized carbons (Fsp3) is 0.667. The van der Waals surface area contributed by atoms with E-state index in [9.17, 15) is 18.0 Å². The Hall–Kier alpha value is -1.84. The molecule has 10 heteroatoms. The number of rotatable bonds is 4. The third-order valence-electron chi connectivity index (χ3n) is 4.22. The first kappa shape index (κ1) is 18.0. The van der Waals surface area contributed by atoms with Crippen LogP contribution in [-0.4, -0.2) is 65.9 Å². The number of halogens is 3. The molecular formula is C15H20F3N5OS. The highest BCUT2D eigenvalue weighted by Gasteiger charge is 2.36. The first-order valence-corrected chi connectivity index (χ1v) is 9.03. The molecule has 1 amide bonds. The Kier molecular flexibility index (Phi) is 5.16. The van der Waals surface area contributed by atoms with Crippen LogP contribution in [0.4, 0.5) is 13.2 Å². The van der Waals surface area contributed by atoms with Gasteiger partial charge in [0.25, 0.3) is 0 Å². The number of carbonyl (C=O) groups is 1. The minimum Gasteiger partial charge on any atom is -0.356 e. The molecule has 0 bridgehead atoms. The Bertz CT molecular complexity index is 656. The van der Waals surface area contributed by atoms with E-state index >= 15 is 0 Å². The van der Waals surface area contributed by atoms with Crippen LogP contribution in [0.15, 0.2) is 10.4 Å². The van der Waals surface area contributed by atoms with Crippen LogP contribution in [0.1, 0.15) is 23.5 Å². The predicted octanol–water partition coefficient (Wildman–Crippen LogP) is 1.59. The van der Waals surface area contributed by atoms with E-state index in [0.29, 0.717) is 43.1 Å². The normalized spacial score (nSPS) is 19.5. The van der Waals surface area contributed by atoms with Crippen molar-refractivity contribution in [2.45, 2.75) is 31.5 Å². The summed E-state index contributed by atoms with van der Waals surface area (Å²) in [4.78, 5) is 23.8. The van der Waals surface area contributed by atoms with Gasteiger partial charge in [-0.05, 0) is 12.8 Å². The molecule has 2 fully saturated rings. The highest BCUT2D eigenvalue weighted by atomic mass is 32.1. The lowest BCUT2D eigenvalue weighted by molar-refractivity contribution is -0.140. The van der Waals surface area contributed by atoms with Crippen LogP contribution < -0.4 is 5.32 Å². The Morgan fingerprint density at radius 3 is 2.76 bits per heavy atom. The van der Waals surface area contributed by atoms with Crippen LogP contribution in [0.2, 0.25) is 0 Å². The van der Waals surface area contributed by atoms with Crippen molar-refractivity contribution in [2.24, 2.45) is 4.99 Å². The van der Waals surface area contributed by atoms with Gasteiger partial charge in [0, 0.05) is 44.5 Å². The van der Waals surface area contributed by atoms with Gasteiger partial charge in [-0.2, -0.15) is 13.2 Å². The van der Waals surface area contributed by atoms with Gasteiger partial charge in [0.1, 0.15) is 0 Å². The van der Waals surface area contributed by atoms with Crippen molar-refractivity contribution in [2.75, 3.05) is 33.2 Å². The number of amides is 1. The first-order chi connectivity index (χ1) is 11.9. The molecule has 138 valence electrons. The van der Waals surface area contributed by atoms with E-state index in [1.165, 1.54) is 0 Å². The molecule has 1 aliphatic carbocycles. The Morgan fingerprint density at radius 1 is 1.44 bits per heavy atom. The van der Waals surface area contributed by atoms with Gasteiger partial charge in [-0.25, -0.2) is 4.98 Å². The number of guanidine groups is 1. The molecule has 0 radical (unpaired) electrons. The van der Waals surface area contributed by atoms with Crippen molar-refractivity contribution in [3.05, 3.63) is 16.1 Å². The van der Waals surface area contributed by atoms with Crippen LogP contribution in [0.5, 0.6) is 0 Å². The number of hydrogen-bond donors (Lipinski definition) is 1. The van der Waals surface area contributed by atoms with Gasteiger partial charge in [0.05, 0.1) is 11.6 Å². The lowest BCUT2D eigenvalue weighted by Gasteiger charge is -2.36. The molecule has 0 atom stereocenters. The van der Waals surface area contributed by atoms with E-state index in [2.05, 4.69) is 15.3 Å². The molecule has 3 rings (SSSR count). The van der Waals surface area contributed by atoms with E-state index in [-0.39, 0.29) is 12.5 Å². The lowest BCUT2D eigenvalue weighted by Crippen LogP contribution is -2.55. The van der Waals surface area contributed by atoms with Gasteiger partial charge in [-0.1, -0.05) is 0 Å². The third-order valence-corrected chi connectivity index (χ3v) is 5.13. The number of nitrogens with one attached hydrogen (secondary N) is 1. The SMILES string of the molecule is CN=C(NCCc1nc(C(F)(F)F)cs1)N1CCN(C2CC2)C(=O)C1. The largest absolute Gasteiger partial charge is 0.434 e.